The van der Waals surface area contributed by atoms with Crippen molar-refractivity contribution in [3.8, 4) is 0 Å². The zero-order valence-electron chi connectivity index (χ0n) is 7.71. The van der Waals surface area contributed by atoms with Crippen molar-refractivity contribution in [2.45, 2.75) is 18.9 Å². The van der Waals surface area contributed by atoms with Crippen LogP contribution in [0.2, 0.25) is 10.0 Å². The minimum absolute atomic E-state index is 0.132. The lowest BCUT2D eigenvalue weighted by molar-refractivity contribution is 0.280. The van der Waals surface area contributed by atoms with Crippen LogP contribution in [0.4, 0.5) is 0 Å². The van der Waals surface area contributed by atoms with Crippen molar-refractivity contribution < 1.29 is 5.11 Å². The van der Waals surface area contributed by atoms with Gasteiger partial charge in [0.1, 0.15) is 0 Å². The smallest absolute Gasteiger partial charge is 0.0468 e. The number of hydrogen-bond donors (Lipinski definition) is 2. The molecule has 0 aliphatic rings. The van der Waals surface area contributed by atoms with Gasteiger partial charge in [0.25, 0.3) is 0 Å². The highest BCUT2D eigenvalue weighted by atomic mass is 35.5. The van der Waals surface area contributed by atoms with Crippen LogP contribution >= 0.6 is 23.2 Å². The van der Waals surface area contributed by atoms with Crippen molar-refractivity contribution >= 4 is 23.2 Å². The van der Waals surface area contributed by atoms with Gasteiger partial charge in [-0.05, 0) is 30.5 Å². The summed E-state index contributed by atoms with van der Waals surface area (Å²) in [5.74, 6) is 0. The van der Waals surface area contributed by atoms with Crippen LogP contribution in [0.1, 0.15) is 24.4 Å². The second-order valence-electron chi connectivity index (χ2n) is 3.14. The first-order valence-corrected chi connectivity index (χ1v) is 5.22. The molecule has 78 valence electrons. The van der Waals surface area contributed by atoms with Gasteiger partial charge in [-0.15, -0.1) is 0 Å². The molecule has 0 aliphatic carbocycles. The van der Waals surface area contributed by atoms with E-state index in [1.807, 2.05) is 6.07 Å². The van der Waals surface area contributed by atoms with Crippen molar-refractivity contribution in [2.75, 3.05) is 6.61 Å². The highest BCUT2D eigenvalue weighted by Gasteiger charge is 2.09. The molecule has 3 N–H and O–H groups in total. The number of aliphatic hydroxyl groups is 1. The summed E-state index contributed by atoms with van der Waals surface area (Å²) in [7, 11) is 0. The molecule has 14 heavy (non-hydrogen) atoms. The molecule has 0 fully saturated rings. The minimum atomic E-state index is -0.132. The van der Waals surface area contributed by atoms with Gasteiger partial charge in [0.05, 0.1) is 0 Å². The lowest BCUT2D eigenvalue weighted by atomic mass is 10.0. The molecule has 2 nitrogen and oxygen atoms in total. The summed E-state index contributed by atoms with van der Waals surface area (Å²) < 4.78 is 0. The average molecular weight is 234 g/mol. The molecular weight excluding hydrogens is 221 g/mol. The van der Waals surface area contributed by atoms with Crippen molar-refractivity contribution in [3.63, 3.8) is 0 Å². The van der Waals surface area contributed by atoms with Crippen molar-refractivity contribution in [2.24, 2.45) is 5.73 Å². The highest BCUT2D eigenvalue weighted by Crippen LogP contribution is 2.27. The zero-order chi connectivity index (χ0) is 10.6. The largest absolute Gasteiger partial charge is 0.396 e. The molecule has 0 amide bonds. The summed E-state index contributed by atoms with van der Waals surface area (Å²) in [6.45, 7) is 0.152. The van der Waals surface area contributed by atoms with E-state index in [-0.39, 0.29) is 12.6 Å². The Morgan fingerprint density at radius 3 is 2.64 bits per heavy atom. The second kappa shape index (κ2) is 5.56. The number of hydrogen-bond acceptors (Lipinski definition) is 2. The van der Waals surface area contributed by atoms with Gasteiger partial charge in [0.2, 0.25) is 0 Å². The Morgan fingerprint density at radius 1 is 1.36 bits per heavy atom. The molecule has 4 heteroatoms. The third-order valence-electron chi connectivity index (χ3n) is 2.04. The first-order valence-electron chi connectivity index (χ1n) is 4.46. The summed E-state index contributed by atoms with van der Waals surface area (Å²) in [6.07, 6.45) is 1.40. The Labute approximate surface area is 93.6 Å². The predicted molar refractivity (Wildman–Crippen MR) is 59.7 cm³/mol. The van der Waals surface area contributed by atoms with Crippen LogP contribution in [0.15, 0.2) is 18.2 Å². The molecule has 0 heterocycles. The molecule has 0 radical (unpaired) electrons. The third-order valence-corrected chi connectivity index (χ3v) is 2.60. The average Bonchev–Trinajstić information content (AvgIpc) is 2.14. The lowest BCUT2D eigenvalue weighted by Crippen LogP contribution is -2.11. The Balaban J connectivity index is 2.74. The van der Waals surface area contributed by atoms with Crippen LogP contribution in [0, 0.1) is 0 Å². The molecule has 1 aromatic carbocycles. The zero-order valence-corrected chi connectivity index (χ0v) is 9.22. The standard InChI is InChI=1S/C10H13Cl2NO/c11-7-3-4-8(9(12)6-7)10(13)2-1-5-14/h3-4,6,10,14H,1-2,5,13H2/t10-/m0/s1. The van der Waals surface area contributed by atoms with E-state index in [4.69, 9.17) is 34.0 Å². The number of benzene rings is 1. The molecule has 0 spiro atoms. The van der Waals surface area contributed by atoms with Gasteiger partial charge in [0, 0.05) is 22.7 Å². The van der Waals surface area contributed by atoms with Gasteiger partial charge in [-0.25, -0.2) is 0 Å². The fraction of sp³-hybridized carbons (Fsp3) is 0.400. The summed E-state index contributed by atoms with van der Waals surface area (Å²) in [6, 6.07) is 5.14. The highest BCUT2D eigenvalue weighted by molar-refractivity contribution is 6.35. The SMILES string of the molecule is N[C@@H](CCCO)c1ccc(Cl)cc1Cl. The van der Waals surface area contributed by atoms with E-state index >= 15 is 0 Å². The molecule has 0 aromatic heterocycles. The Morgan fingerprint density at radius 2 is 2.07 bits per heavy atom. The normalized spacial score (nSPS) is 12.9. The molecule has 1 rings (SSSR count). The topological polar surface area (TPSA) is 46.2 Å². The lowest BCUT2D eigenvalue weighted by Gasteiger charge is -2.12. The molecule has 1 atom stereocenters. The van der Waals surface area contributed by atoms with Crippen LogP contribution < -0.4 is 5.73 Å². The first-order chi connectivity index (χ1) is 6.65. The molecule has 0 saturated heterocycles. The van der Waals surface area contributed by atoms with E-state index in [1.165, 1.54) is 0 Å². The number of halogens is 2. The molecule has 0 aliphatic heterocycles. The quantitative estimate of drug-likeness (QED) is 0.841. The molecule has 0 saturated carbocycles. The van der Waals surface area contributed by atoms with E-state index in [0.29, 0.717) is 16.5 Å². The summed E-state index contributed by atoms with van der Waals surface area (Å²) >= 11 is 11.7. The van der Waals surface area contributed by atoms with Crippen LogP contribution in [0.25, 0.3) is 0 Å². The van der Waals surface area contributed by atoms with Crippen LogP contribution in [-0.4, -0.2) is 11.7 Å². The molecule has 0 bridgehead atoms. The van der Waals surface area contributed by atoms with Gasteiger partial charge in [-0.2, -0.15) is 0 Å². The Kier molecular flexibility index (Phi) is 4.69. The van der Waals surface area contributed by atoms with E-state index in [2.05, 4.69) is 0 Å². The number of rotatable bonds is 4. The van der Waals surface area contributed by atoms with Crippen LogP contribution in [-0.2, 0) is 0 Å². The van der Waals surface area contributed by atoms with E-state index < -0.39 is 0 Å². The van der Waals surface area contributed by atoms with E-state index in [0.717, 1.165) is 12.0 Å². The monoisotopic (exact) mass is 233 g/mol. The van der Waals surface area contributed by atoms with Gasteiger partial charge in [-0.1, -0.05) is 29.3 Å². The minimum Gasteiger partial charge on any atom is -0.396 e. The second-order valence-corrected chi connectivity index (χ2v) is 3.98. The maximum absolute atomic E-state index is 8.67. The number of aliphatic hydroxyl groups excluding tert-OH is 1. The summed E-state index contributed by atoms with van der Waals surface area (Å²) in [4.78, 5) is 0. The predicted octanol–water partition coefficient (Wildman–Crippen LogP) is 2.77. The van der Waals surface area contributed by atoms with E-state index in [9.17, 15) is 0 Å². The van der Waals surface area contributed by atoms with Crippen molar-refractivity contribution in [3.05, 3.63) is 33.8 Å². The fourth-order valence-electron chi connectivity index (χ4n) is 1.27. The first kappa shape index (κ1) is 11.8. The van der Waals surface area contributed by atoms with Gasteiger partial charge < -0.3 is 10.8 Å². The van der Waals surface area contributed by atoms with Crippen molar-refractivity contribution in [1.29, 1.82) is 0 Å². The van der Waals surface area contributed by atoms with Gasteiger partial charge >= 0.3 is 0 Å². The Hall–Kier alpha value is -0.280. The van der Waals surface area contributed by atoms with Crippen LogP contribution in [0.5, 0.6) is 0 Å². The third kappa shape index (κ3) is 3.14. The van der Waals surface area contributed by atoms with Gasteiger partial charge in [-0.3, -0.25) is 0 Å². The molecule has 0 unspecified atom stereocenters. The number of nitrogens with two attached hydrogens (primary N) is 1. The molecular formula is C10H13Cl2NO. The summed E-state index contributed by atoms with van der Waals surface area (Å²) in [5, 5.41) is 9.86. The Bertz CT molecular complexity index is 304. The van der Waals surface area contributed by atoms with Crippen LogP contribution in [0.3, 0.4) is 0 Å². The molecule has 1 aromatic rings. The van der Waals surface area contributed by atoms with E-state index in [1.54, 1.807) is 12.1 Å². The van der Waals surface area contributed by atoms with Gasteiger partial charge in [0.15, 0.2) is 0 Å². The van der Waals surface area contributed by atoms with Crippen molar-refractivity contribution in [1.82, 2.24) is 0 Å². The maximum Gasteiger partial charge on any atom is 0.0468 e. The fourth-order valence-corrected chi connectivity index (χ4v) is 1.82. The summed E-state index contributed by atoms with van der Waals surface area (Å²) in [5.41, 5.74) is 6.77. The maximum atomic E-state index is 8.67.